The largest absolute Gasteiger partial charge is 0.478 e. The maximum absolute atomic E-state index is 5.61. The van der Waals surface area contributed by atoms with Crippen LogP contribution in [-0.4, -0.2) is 29.4 Å². The Balaban J connectivity index is 2.67. The van der Waals surface area contributed by atoms with Crippen molar-refractivity contribution in [1.82, 2.24) is 9.97 Å². The number of rotatable bonds is 8. The van der Waals surface area contributed by atoms with E-state index in [4.69, 9.17) is 4.74 Å². The van der Waals surface area contributed by atoms with Gasteiger partial charge in [0.2, 0.25) is 5.88 Å². The molecule has 0 aliphatic heterocycles. The van der Waals surface area contributed by atoms with Gasteiger partial charge >= 0.3 is 0 Å². The van der Waals surface area contributed by atoms with Crippen molar-refractivity contribution in [2.45, 2.75) is 38.3 Å². The fraction of sp³-hybridized carbons (Fsp3) is 0.667. The zero-order valence-corrected chi connectivity index (χ0v) is 11.6. The number of ether oxygens (including phenoxy) is 1. The molecule has 0 amide bonds. The smallest absolute Gasteiger partial charge is 0.219 e. The van der Waals surface area contributed by atoms with Crippen molar-refractivity contribution in [2.24, 2.45) is 0 Å². The standard InChI is InChI=1S/C12H21N3OS/c1-4-6-8-16-11-9-10(13-7-5-2)14-12(15-11)17-3/h9H,4-8H2,1-3H3,(H,13,14,15). The molecule has 1 aromatic rings. The minimum atomic E-state index is 0.663. The fourth-order valence-electron chi connectivity index (χ4n) is 1.23. The number of aromatic nitrogens is 2. The highest BCUT2D eigenvalue weighted by atomic mass is 32.2. The maximum atomic E-state index is 5.61. The Kier molecular flexibility index (Phi) is 6.77. The van der Waals surface area contributed by atoms with Gasteiger partial charge in [-0.15, -0.1) is 0 Å². The van der Waals surface area contributed by atoms with Crippen LogP contribution in [0.4, 0.5) is 5.82 Å². The average molecular weight is 255 g/mol. The summed E-state index contributed by atoms with van der Waals surface area (Å²) in [5.74, 6) is 1.51. The second kappa shape index (κ2) is 8.17. The number of nitrogens with zero attached hydrogens (tertiary/aromatic N) is 2. The molecular formula is C12H21N3OS. The van der Waals surface area contributed by atoms with Crippen molar-refractivity contribution in [3.05, 3.63) is 6.07 Å². The number of anilines is 1. The van der Waals surface area contributed by atoms with Crippen LogP contribution < -0.4 is 10.1 Å². The van der Waals surface area contributed by atoms with E-state index in [9.17, 15) is 0 Å². The summed E-state index contributed by atoms with van der Waals surface area (Å²) in [7, 11) is 0. The molecule has 1 aromatic heterocycles. The molecule has 0 saturated carbocycles. The second-order valence-corrected chi connectivity index (χ2v) is 4.48. The molecule has 0 unspecified atom stereocenters. The Morgan fingerprint density at radius 2 is 2.12 bits per heavy atom. The Hall–Kier alpha value is -0.970. The molecule has 0 fully saturated rings. The number of hydrogen-bond donors (Lipinski definition) is 1. The van der Waals surface area contributed by atoms with E-state index in [2.05, 4.69) is 29.1 Å². The van der Waals surface area contributed by atoms with Gasteiger partial charge in [-0.05, 0) is 19.1 Å². The predicted molar refractivity (Wildman–Crippen MR) is 73.0 cm³/mol. The summed E-state index contributed by atoms with van der Waals surface area (Å²) in [4.78, 5) is 8.70. The highest BCUT2D eigenvalue weighted by molar-refractivity contribution is 7.98. The van der Waals surface area contributed by atoms with Gasteiger partial charge in [0.05, 0.1) is 6.61 Å². The first kappa shape index (κ1) is 14.1. The molecule has 1 N–H and O–H groups in total. The molecule has 0 aliphatic rings. The van der Waals surface area contributed by atoms with Crippen LogP contribution in [0, 0.1) is 0 Å². The van der Waals surface area contributed by atoms with E-state index < -0.39 is 0 Å². The van der Waals surface area contributed by atoms with E-state index in [0.29, 0.717) is 12.5 Å². The zero-order chi connectivity index (χ0) is 12.5. The van der Waals surface area contributed by atoms with Gasteiger partial charge in [-0.25, -0.2) is 4.98 Å². The van der Waals surface area contributed by atoms with Gasteiger partial charge in [-0.1, -0.05) is 32.0 Å². The van der Waals surface area contributed by atoms with E-state index in [1.54, 1.807) is 0 Å². The molecule has 0 atom stereocenters. The van der Waals surface area contributed by atoms with Crippen LogP contribution in [0.5, 0.6) is 5.88 Å². The van der Waals surface area contributed by atoms with Crippen molar-refractivity contribution >= 4 is 17.6 Å². The Morgan fingerprint density at radius 3 is 2.76 bits per heavy atom. The highest BCUT2D eigenvalue weighted by Crippen LogP contribution is 2.19. The number of hydrogen-bond acceptors (Lipinski definition) is 5. The third kappa shape index (κ3) is 5.26. The first-order valence-corrected chi connectivity index (χ1v) is 7.32. The molecule has 0 bridgehead atoms. The van der Waals surface area contributed by atoms with Gasteiger partial charge in [0.25, 0.3) is 0 Å². The Morgan fingerprint density at radius 1 is 1.29 bits per heavy atom. The van der Waals surface area contributed by atoms with Crippen LogP contribution in [0.3, 0.4) is 0 Å². The van der Waals surface area contributed by atoms with Gasteiger partial charge in [0, 0.05) is 12.6 Å². The van der Waals surface area contributed by atoms with Gasteiger partial charge in [0.1, 0.15) is 5.82 Å². The molecule has 1 heterocycles. The normalized spacial score (nSPS) is 10.3. The van der Waals surface area contributed by atoms with E-state index in [1.807, 2.05) is 12.3 Å². The zero-order valence-electron chi connectivity index (χ0n) is 10.8. The molecule has 0 radical (unpaired) electrons. The Bertz CT molecular complexity index is 334. The number of unbranched alkanes of at least 4 members (excludes halogenated alkanes) is 1. The van der Waals surface area contributed by atoms with Crippen LogP contribution in [0.2, 0.25) is 0 Å². The first-order chi connectivity index (χ1) is 8.30. The molecule has 0 aliphatic carbocycles. The van der Waals surface area contributed by atoms with Crippen LogP contribution in [0.25, 0.3) is 0 Å². The second-order valence-electron chi connectivity index (χ2n) is 3.71. The summed E-state index contributed by atoms with van der Waals surface area (Å²) >= 11 is 1.53. The third-order valence-electron chi connectivity index (χ3n) is 2.17. The molecule has 0 saturated heterocycles. The minimum Gasteiger partial charge on any atom is -0.478 e. The van der Waals surface area contributed by atoms with E-state index in [1.165, 1.54) is 11.8 Å². The van der Waals surface area contributed by atoms with Crippen LogP contribution in [0.1, 0.15) is 33.1 Å². The summed E-state index contributed by atoms with van der Waals surface area (Å²) in [6, 6.07) is 1.87. The molecule has 96 valence electrons. The van der Waals surface area contributed by atoms with Crippen LogP contribution in [0.15, 0.2) is 11.2 Å². The lowest BCUT2D eigenvalue weighted by atomic mass is 10.4. The van der Waals surface area contributed by atoms with Crippen LogP contribution in [-0.2, 0) is 0 Å². The summed E-state index contributed by atoms with van der Waals surface area (Å²) in [6.07, 6.45) is 5.22. The van der Waals surface area contributed by atoms with E-state index in [0.717, 1.165) is 36.8 Å². The van der Waals surface area contributed by atoms with E-state index in [-0.39, 0.29) is 0 Å². The molecule has 17 heavy (non-hydrogen) atoms. The van der Waals surface area contributed by atoms with E-state index >= 15 is 0 Å². The van der Waals surface area contributed by atoms with Crippen molar-refractivity contribution < 1.29 is 4.74 Å². The van der Waals surface area contributed by atoms with Crippen molar-refractivity contribution in [3.8, 4) is 5.88 Å². The summed E-state index contributed by atoms with van der Waals surface area (Å²) in [6.45, 7) is 5.90. The molecule has 0 spiro atoms. The van der Waals surface area contributed by atoms with Gasteiger partial charge in [0.15, 0.2) is 5.16 Å². The van der Waals surface area contributed by atoms with Crippen LogP contribution >= 0.6 is 11.8 Å². The molecular weight excluding hydrogens is 234 g/mol. The summed E-state index contributed by atoms with van der Waals surface area (Å²) in [5.41, 5.74) is 0. The topological polar surface area (TPSA) is 47.0 Å². The lowest BCUT2D eigenvalue weighted by Gasteiger charge is -2.09. The monoisotopic (exact) mass is 255 g/mol. The molecule has 1 rings (SSSR count). The quantitative estimate of drug-likeness (QED) is 0.439. The SMILES string of the molecule is CCCCOc1cc(NCCC)nc(SC)n1. The van der Waals surface area contributed by atoms with Crippen molar-refractivity contribution in [3.63, 3.8) is 0 Å². The lowest BCUT2D eigenvalue weighted by molar-refractivity contribution is 0.295. The third-order valence-corrected chi connectivity index (χ3v) is 2.72. The predicted octanol–water partition coefficient (Wildman–Crippen LogP) is 3.20. The summed E-state index contributed by atoms with van der Waals surface area (Å²) < 4.78 is 5.61. The average Bonchev–Trinajstić information content (AvgIpc) is 2.36. The fourth-order valence-corrected chi connectivity index (χ4v) is 1.60. The molecule has 5 heteroatoms. The maximum Gasteiger partial charge on any atom is 0.219 e. The lowest BCUT2D eigenvalue weighted by Crippen LogP contribution is -2.05. The highest BCUT2D eigenvalue weighted by Gasteiger charge is 2.04. The first-order valence-electron chi connectivity index (χ1n) is 6.09. The minimum absolute atomic E-state index is 0.663. The Labute approximate surface area is 108 Å². The van der Waals surface area contributed by atoms with Gasteiger partial charge in [-0.2, -0.15) is 4.98 Å². The number of thioether (sulfide) groups is 1. The number of nitrogens with one attached hydrogen (secondary N) is 1. The molecule has 0 aromatic carbocycles. The van der Waals surface area contributed by atoms with Crippen molar-refractivity contribution in [1.29, 1.82) is 0 Å². The molecule has 4 nitrogen and oxygen atoms in total. The van der Waals surface area contributed by atoms with Gasteiger partial charge < -0.3 is 10.1 Å². The summed E-state index contributed by atoms with van der Waals surface area (Å²) in [5, 5.41) is 4.00. The van der Waals surface area contributed by atoms with Gasteiger partial charge in [-0.3, -0.25) is 0 Å². The van der Waals surface area contributed by atoms with Crippen molar-refractivity contribution in [2.75, 3.05) is 24.7 Å².